The summed E-state index contributed by atoms with van der Waals surface area (Å²) in [5.41, 5.74) is 2.47. The minimum absolute atomic E-state index is 0.340. The van der Waals surface area contributed by atoms with E-state index in [4.69, 9.17) is 16.3 Å². The number of rotatable bonds is 7. The first-order chi connectivity index (χ1) is 12.6. The number of hydrogen-bond donors (Lipinski definition) is 2. The molecule has 2 aromatic rings. The number of aliphatic hydroxyl groups is 1. The molecule has 2 N–H and O–H groups in total. The summed E-state index contributed by atoms with van der Waals surface area (Å²) in [6.45, 7) is 7.16. The van der Waals surface area contributed by atoms with Gasteiger partial charge in [-0.25, -0.2) is 0 Å². The van der Waals surface area contributed by atoms with E-state index in [2.05, 4.69) is 30.0 Å². The zero-order valence-electron chi connectivity index (χ0n) is 15.3. The first-order valence-corrected chi connectivity index (χ1v) is 9.75. The van der Waals surface area contributed by atoms with Gasteiger partial charge in [0.1, 0.15) is 25.0 Å². The Morgan fingerprint density at radius 1 is 1.15 bits per heavy atom. The predicted octanol–water partition coefficient (Wildman–Crippen LogP) is 2.05. The van der Waals surface area contributed by atoms with E-state index in [1.165, 1.54) is 16.2 Å². The van der Waals surface area contributed by atoms with Gasteiger partial charge in [0, 0.05) is 10.7 Å². The SMILES string of the molecule is CCc1ccc(OC[C@H](O)C[NH+]2CCN(c3cccc(Cl)c3)CC2)cc1. The van der Waals surface area contributed by atoms with Gasteiger partial charge in [-0.15, -0.1) is 0 Å². The number of benzene rings is 2. The number of nitrogens with zero attached hydrogens (tertiary/aromatic N) is 1. The zero-order chi connectivity index (χ0) is 18.4. The van der Waals surface area contributed by atoms with Crippen LogP contribution in [0.1, 0.15) is 12.5 Å². The summed E-state index contributed by atoms with van der Waals surface area (Å²) in [5.74, 6) is 0.821. The fourth-order valence-corrected chi connectivity index (χ4v) is 3.55. The van der Waals surface area contributed by atoms with Crippen molar-refractivity contribution in [1.29, 1.82) is 0 Å². The molecule has 0 aromatic heterocycles. The molecule has 1 fully saturated rings. The monoisotopic (exact) mass is 375 g/mol. The highest BCUT2D eigenvalue weighted by molar-refractivity contribution is 6.30. The highest BCUT2D eigenvalue weighted by atomic mass is 35.5. The molecule has 0 radical (unpaired) electrons. The first kappa shape index (κ1) is 19.0. The Balaban J connectivity index is 1.40. The number of aryl methyl sites for hydroxylation is 1. The van der Waals surface area contributed by atoms with Crippen molar-refractivity contribution in [1.82, 2.24) is 0 Å². The van der Waals surface area contributed by atoms with E-state index in [9.17, 15) is 5.11 Å². The molecule has 0 amide bonds. The zero-order valence-corrected chi connectivity index (χ0v) is 16.1. The second kappa shape index (κ2) is 9.26. The molecule has 0 bridgehead atoms. The number of ether oxygens (including phenoxy) is 1. The number of hydrogen-bond acceptors (Lipinski definition) is 3. The van der Waals surface area contributed by atoms with E-state index in [-0.39, 0.29) is 0 Å². The minimum atomic E-state index is -0.450. The highest BCUT2D eigenvalue weighted by Gasteiger charge is 2.23. The first-order valence-electron chi connectivity index (χ1n) is 9.38. The smallest absolute Gasteiger partial charge is 0.137 e. The molecule has 4 nitrogen and oxygen atoms in total. The maximum absolute atomic E-state index is 10.3. The molecule has 1 aliphatic rings. The third-order valence-electron chi connectivity index (χ3n) is 4.94. The van der Waals surface area contributed by atoms with Gasteiger partial charge in [0.15, 0.2) is 0 Å². The van der Waals surface area contributed by atoms with Crippen LogP contribution in [0.15, 0.2) is 48.5 Å². The predicted molar refractivity (Wildman–Crippen MR) is 107 cm³/mol. The lowest BCUT2D eigenvalue weighted by Crippen LogP contribution is -3.16. The molecule has 2 aromatic carbocycles. The molecular formula is C21H28ClN2O2+. The second-order valence-electron chi connectivity index (χ2n) is 6.88. The molecule has 3 rings (SSSR count). The summed E-state index contributed by atoms with van der Waals surface area (Å²) in [6.07, 6.45) is 0.571. The second-order valence-corrected chi connectivity index (χ2v) is 7.32. The maximum atomic E-state index is 10.3. The van der Waals surface area contributed by atoms with Crippen LogP contribution in [0.4, 0.5) is 5.69 Å². The molecular weight excluding hydrogens is 348 g/mol. The van der Waals surface area contributed by atoms with E-state index >= 15 is 0 Å². The van der Waals surface area contributed by atoms with Gasteiger partial charge in [0.25, 0.3) is 0 Å². The van der Waals surface area contributed by atoms with Crippen molar-refractivity contribution in [3.8, 4) is 5.75 Å². The Hall–Kier alpha value is -1.75. The van der Waals surface area contributed by atoms with Crippen LogP contribution in [0.3, 0.4) is 0 Å². The van der Waals surface area contributed by atoms with Crippen molar-refractivity contribution in [3.05, 3.63) is 59.1 Å². The topological polar surface area (TPSA) is 37.1 Å². The minimum Gasteiger partial charge on any atom is -0.491 e. The van der Waals surface area contributed by atoms with Crippen molar-refractivity contribution in [3.63, 3.8) is 0 Å². The van der Waals surface area contributed by atoms with Gasteiger partial charge in [-0.3, -0.25) is 0 Å². The van der Waals surface area contributed by atoms with Crippen LogP contribution in [0.25, 0.3) is 0 Å². The van der Waals surface area contributed by atoms with Gasteiger partial charge in [0.2, 0.25) is 0 Å². The van der Waals surface area contributed by atoms with Gasteiger partial charge in [0.05, 0.1) is 26.2 Å². The van der Waals surface area contributed by atoms with E-state index in [1.807, 2.05) is 30.3 Å². The number of piperazine rings is 1. The Morgan fingerprint density at radius 2 is 1.88 bits per heavy atom. The van der Waals surface area contributed by atoms with Gasteiger partial charge < -0.3 is 19.6 Å². The summed E-state index contributed by atoms with van der Waals surface area (Å²) in [7, 11) is 0. The summed E-state index contributed by atoms with van der Waals surface area (Å²) in [6, 6.07) is 16.1. The van der Waals surface area contributed by atoms with E-state index in [0.29, 0.717) is 6.61 Å². The molecule has 140 valence electrons. The molecule has 5 heteroatoms. The molecule has 1 saturated heterocycles. The lowest BCUT2D eigenvalue weighted by Gasteiger charge is -2.34. The van der Waals surface area contributed by atoms with E-state index in [1.54, 1.807) is 0 Å². The van der Waals surface area contributed by atoms with Crippen molar-refractivity contribution >= 4 is 17.3 Å². The molecule has 0 aliphatic carbocycles. The quantitative estimate of drug-likeness (QED) is 0.777. The molecule has 0 spiro atoms. The number of nitrogens with one attached hydrogen (secondary N) is 1. The lowest BCUT2D eigenvalue weighted by atomic mass is 10.2. The van der Waals surface area contributed by atoms with Gasteiger partial charge in [-0.2, -0.15) is 0 Å². The van der Waals surface area contributed by atoms with Crippen molar-refractivity contribution < 1.29 is 14.7 Å². The largest absolute Gasteiger partial charge is 0.491 e. The standard InChI is InChI=1S/C21H27ClN2O2/c1-2-17-6-8-21(9-7-17)26-16-20(25)15-23-10-12-24(13-11-23)19-5-3-4-18(22)14-19/h3-9,14,20,25H,2,10-13,15-16H2,1H3/p+1/t20-/m1/s1. The van der Waals surface area contributed by atoms with E-state index in [0.717, 1.165) is 49.9 Å². The van der Waals surface area contributed by atoms with Crippen LogP contribution >= 0.6 is 11.6 Å². The summed E-state index contributed by atoms with van der Waals surface area (Å²) in [4.78, 5) is 3.77. The van der Waals surface area contributed by atoms with E-state index < -0.39 is 6.10 Å². The van der Waals surface area contributed by atoms with Gasteiger partial charge in [-0.1, -0.05) is 36.7 Å². The van der Waals surface area contributed by atoms with Crippen molar-refractivity contribution in [2.24, 2.45) is 0 Å². The number of quaternary nitrogens is 1. The van der Waals surface area contributed by atoms with Crippen LogP contribution in [-0.4, -0.2) is 50.5 Å². The average Bonchev–Trinajstić information content (AvgIpc) is 2.67. The summed E-state index contributed by atoms with van der Waals surface area (Å²) in [5, 5.41) is 11.1. The molecule has 1 heterocycles. The molecule has 0 saturated carbocycles. The van der Waals surface area contributed by atoms with Crippen molar-refractivity contribution in [2.45, 2.75) is 19.4 Å². The Morgan fingerprint density at radius 3 is 2.54 bits per heavy atom. The molecule has 26 heavy (non-hydrogen) atoms. The normalized spacial score (nSPS) is 16.5. The Bertz CT molecular complexity index is 685. The van der Waals surface area contributed by atoms with Crippen LogP contribution < -0.4 is 14.5 Å². The van der Waals surface area contributed by atoms with Crippen molar-refractivity contribution in [2.75, 3.05) is 44.2 Å². The maximum Gasteiger partial charge on any atom is 0.137 e. The summed E-state index contributed by atoms with van der Waals surface area (Å²) >= 11 is 6.08. The van der Waals surface area contributed by atoms with Gasteiger partial charge >= 0.3 is 0 Å². The third-order valence-corrected chi connectivity index (χ3v) is 5.18. The number of halogens is 1. The highest BCUT2D eigenvalue weighted by Crippen LogP contribution is 2.19. The molecule has 1 atom stereocenters. The lowest BCUT2D eigenvalue weighted by molar-refractivity contribution is -0.903. The average molecular weight is 376 g/mol. The Kier molecular flexibility index (Phi) is 6.78. The molecule has 1 aliphatic heterocycles. The fourth-order valence-electron chi connectivity index (χ4n) is 3.36. The Labute approximate surface area is 160 Å². The molecule has 0 unspecified atom stereocenters. The number of aliphatic hydroxyl groups excluding tert-OH is 1. The van der Waals surface area contributed by atoms with Crippen LogP contribution in [-0.2, 0) is 6.42 Å². The van der Waals surface area contributed by atoms with Crippen LogP contribution in [0.5, 0.6) is 5.75 Å². The van der Waals surface area contributed by atoms with Crippen LogP contribution in [0.2, 0.25) is 5.02 Å². The number of anilines is 1. The van der Waals surface area contributed by atoms with Gasteiger partial charge in [-0.05, 0) is 42.3 Å². The summed E-state index contributed by atoms with van der Waals surface area (Å²) < 4.78 is 5.72. The van der Waals surface area contributed by atoms with Crippen LogP contribution in [0, 0.1) is 0 Å². The third kappa shape index (κ3) is 5.37. The fraction of sp³-hybridized carbons (Fsp3) is 0.429.